The van der Waals surface area contributed by atoms with E-state index in [0.717, 1.165) is 56.6 Å². The standard InChI is InChI=1S/C28H20F3N3O4S3/c1-14-6-2-3-9-17(14)32-19(35)13-33-26-23(41-27(33)38)20(18-10-5-11-39-18)21-22(40-26)25(37)34(24(21)36)16-8-4-7-15(12-16)28(29,30)31/h2-12,20-22H,13H2,1H3,(H,32,35)/t20-,21-,22+/m0/s1. The molecule has 7 nitrogen and oxygen atoms in total. The maximum atomic E-state index is 13.8. The predicted octanol–water partition coefficient (Wildman–Crippen LogP) is 5.73. The molecule has 0 saturated carbocycles. The Morgan fingerprint density at radius 1 is 1.00 bits per heavy atom. The number of nitrogens with one attached hydrogen (secondary N) is 1. The van der Waals surface area contributed by atoms with Crippen LogP contribution >= 0.6 is 34.4 Å². The van der Waals surface area contributed by atoms with Crippen LogP contribution in [0.5, 0.6) is 0 Å². The zero-order valence-corrected chi connectivity index (χ0v) is 23.6. The normalized spacial score (nSPS) is 20.2. The van der Waals surface area contributed by atoms with Crippen molar-refractivity contribution in [3.05, 3.63) is 96.6 Å². The first-order valence-electron chi connectivity index (χ1n) is 12.4. The zero-order valence-electron chi connectivity index (χ0n) is 21.2. The Morgan fingerprint density at radius 3 is 2.49 bits per heavy atom. The Morgan fingerprint density at radius 2 is 1.78 bits per heavy atom. The third-order valence-corrected chi connectivity index (χ3v) is 10.6. The number of hydrogen-bond donors (Lipinski definition) is 1. The van der Waals surface area contributed by atoms with E-state index in [-0.39, 0.29) is 12.2 Å². The maximum Gasteiger partial charge on any atom is 0.416 e. The van der Waals surface area contributed by atoms with Gasteiger partial charge < -0.3 is 5.32 Å². The molecule has 2 aromatic carbocycles. The third-order valence-electron chi connectivity index (χ3n) is 7.05. The maximum absolute atomic E-state index is 13.8. The van der Waals surface area contributed by atoms with Gasteiger partial charge in [0.05, 0.1) is 22.2 Å². The smallest absolute Gasteiger partial charge is 0.324 e. The third kappa shape index (κ3) is 4.81. The van der Waals surface area contributed by atoms with Gasteiger partial charge in [0.15, 0.2) is 0 Å². The van der Waals surface area contributed by atoms with Crippen molar-refractivity contribution in [1.29, 1.82) is 0 Å². The van der Waals surface area contributed by atoms with E-state index in [9.17, 15) is 32.3 Å². The average molecular weight is 616 g/mol. The van der Waals surface area contributed by atoms with Gasteiger partial charge in [0, 0.05) is 21.4 Å². The summed E-state index contributed by atoms with van der Waals surface area (Å²) >= 11 is 3.28. The van der Waals surface area contributed by atoms with Crippen LogP contribution in [0.1, 0.15) is 26.8 Å². The second-order valence-corrected chi connectivity index (χ2v) is 12.7. The SMILES string of the molecule is Cc1ccccc1NC(=O)Cn1c2c(sc1=O)[C@@H](c1cccs1)[C@@H]1C(=O)N(c3cccc(C(F)(F)F)c3)C(=O)[C@@H]1S2. The van der Waals surface area contributed by atoms with Crippen LogP contribution in [0.3, 0.4) is 0 Å². The lowest BCUT2D eigenvalue weighted by Gasteiger charge is -2.29. The average Bonchev–Trinajstić information content (AvgIpc) is 3.62. The lowest BCUT2D eigenvalue weighted by molar-refractivity contribution is -0.137. The van der Waals surface area contributed by atoms with E-state index in [4.69, 9.17) is 0 Å². The van der Waals surface area contributed by atoms with Crippen LogP contribution in [0.2, 0.25) is 0 Å². The number of carbonyl (C=O) groups is 3. The molecule has 2 aromatic heterocycles. The number of hydrogen-bond acceptors (Lipinski definition) is 7. The molecule has 0 spiro atoms. The number of thiazole rings is 1. The number of imide groups is 1. The largest absolute Gasteiger partial charge is 0.416 e. The molecule has 1 N–H and O–H groups in total. The molecule has 3 amide bonds. The minimum atomic E-state index is -4.65. The summed E-state index contributed by atoms with van der Waals surface area (Å²) in [6.07, 6.45) is -4.65. The van der Waals surface area contributed by atoms with Gasteiger partial charge in [-0.05, 0) is 48.2 Å². The summed E-state index contributed by atoms with van der Waals surface area (Å²) in [7, 11) is 0. The molecule has 2 aliphatic heterocycles. The molecule has 0 bridgehead atoms. The van der Waals surface area contributed by atoms with Crippen molar-refractivity contribution in [3.63, 3.8) is 0 Å². The number of halogens is 3. The molecular weight excluding hydrogens is 596 g/mol. The van der Waals surface area contributed by atoms with E-state index in [0.29, 0.717) is 15.6 Å². The van der Waals surface area contributed by atoms with E-state index in [2.05, 4.69) is 5.32 Å². The van der Waals surface area contributed by atoms with Gasteiger partial charge in [-0.25, -0.2) is 4.90 Å². The predicted molar refractivity (Wildman–Crippen MR) is 152 cm³/mol. The van der Waals surface area contributed by atoms with Crippen LogP contribution in [0, 0.1) is 12.8 Å². The number of alkyl halides is 3. The number of fused-ring (bicyclic) bond motifs is 2. The minimum Gasteiger partial charge on any atom is -0.324 e. The molecule has 4 heterocycles. The van der Waals surface area contributed by atoms with Gasteiger partial charge in [0.25, 0.3) is 0 Å². The Balaban J connectivity index is 1.39. The number of carbonyl (C=O) groups excluding carboxylic acids is 3. The first-order chi connectivity index (χ1) is 19.5. The molecule has 3 atom stereocenters. The summed E-state index contributed by atoms with van der Waals surface area (Å²) in [5.41, 5.74) is 0.320. The second kappa shape index (κ2) is 10.3. The molecule has 1 saturated heterocycles. The number of aryl methyl sites for hydroxylation is 1. The van der Waals surface area contributed by atoms with E-state index in [1.54, 1.807) is 24.3 Å². The van der Waals surface area contributed by atoms with Crippen molar-refractivity contribution in [1.82, 2.24) is 4.57 Å². The van der Waals surface area contributed by atoms with Crippen molar-refractivity contribution >= 4 is 63.5 Å². The summed E-state index contributed by atoms with van der Waals surface area (Å²) in [4.78, 5) is 55.4. The van der Waals surface area contributed by atoms with E-state index in [1.165, 1.54) is 22.0 Å². The highest BCUT2D eigenvalue weighted by Gasteiger charge is 2.57. The number of benzene rings is 2. The molecule has 210 valence electrons. The first kappa shape index (κ1) is 27.5. The van der Waals surface area contributed by atoms with E-state index in [1.807, 2.05) is 24.4 Å². The van der Waals surface area contributed by atoms with Crippen molar-refractivity contribution in [3.8, 4) is 0 Å². The molecule has 2 aliphatic rings. The minimum absolute atomic E-state index is 0.159. The molecule has 0 radical (unpaired) electrons. The topological polar surface area (TPSA) is 88.5 Å². The number of nitrogens with zero attached hydrogens (tertiary/aromatic N) is 2. The molecule has 0 aliphatic carbocycles. The van der Waals surface area contributed by atoms with Gasteiger partial charge in [-0.15, -0.1) is 11.3 Å². The Labute approximate surface area is 243 Å². The highest BCUT2D eigenvalue weighted by atomic mass is 32.2. The van der Waals surface area contributed by atoms with Gasteiger partial charge in [0.1, 0.15) is 11.8 Å². The van der Waals surface area contributed by atoms with Gasteiger partial charge >= 0.3 is 11.0 Å². The lowest BCUT2D eigenvalue weighted by Crippen LogP contribution is -2.32. The van der Waals surface area contributed by atoms with Crippen molar-refractivity contribution in [2.45, 2.75) is 35.8 Å². The Bertz CT molecular complexity index is 1750. The molecular formula is C28H20F3N3O4S3. The number of aromatic nitrogens is 1. The van der Waals surface area contributed by atoms with Gasteiger partial charge in [0.2, 0.25) is 17.7 Å². The van der Waals surface area contributed by atoms with Gasteiger partial charge in [-0.2, -0.15) is 13.2 Å². The number of thiophene rings is 1. The number of anilines is 2. The van der Waals surface area contributed by atoms with Gasteiger partial charge in [-0.3, -0.25) is 23.7 Å². The fraction of sp³-hybridized carbons (Fsp3) is 0.214. The van der Waals surface area contributed by atoms with Crippen LogP contribution in [0.4, 0.5) is 24.5 Å². The first-order valence-corrected chi connectivity index (χ1v) is 15.0. The number of amides is 3. The van der Waals surface area contributed by atoms with Gasteiger partial charge in [-0.1, -0.05) is 53.4 Å². The molecule has 4 aromatic rings. The molecule has 6 rings (SSSR count). The zero-order chi connectivity index (χ0) is 29.1. The van der Waals surface area contributed by atoms with Crippen LogP contribution in [-0.4, -0.2) is 27.5 Å². The lowest BCUT2D eigenvalue weighted by atomic mass is 9.87. The molecule has 13 heteroatoms. The summed E-state index contributed by atoms with van der Waals surface area (Å²) in [5, 5.41) is 4.04. The van der Waals surface area contributed by atoms with Crippen LogP contribution in [0.15, 0.2) is 75.9 Å². The van der Waals surface area contributed by atoms with Crippen molar-refractivity contribution in [2.24, 2.45) is 5.92 Å². The summed E-state index contributed by atoms with van der Waals surface area (Å²) in [6.45, 7) is 1.54. The summed E-state index contributed by atoms with van der Waals surface area (Å²) < 4.78 is 41.6. The quantitative estimate of drug-likeness (QED) is 0.290. The second-order valence-electron chi connectivity index (χ2n) is 9.60. The van der Waals surface area contributed by atoms with Crippen LogP contribution in [0.25, 0.3) is 0 Å². The Hall–Kier alpha value is -3.68. The Kier molecular flexibility index (Phi) is 6.91. The number of para-hydroxylation sites is 1. The fourth-order valence-corrected chi connectivity index (χ4v) is 8.87. The number of rotatable bonds is 5. The molecule has 1 fully saturated rings. The van der Waals surface area contributed by atoms with Crippen LogP contribution in [-0.2, 0) is 27.1 Å². The van der Waals surface area contributed by atoms with Crippen molar-refractivity contribution in [2.75, 3.05) is 10.2 Å². The highest BCUT2D eigenvalue weighted by molar-refractivity contribution is 8.00. The summed E-state index contributed by atoms with van der Waals surface area (Å²) in [5.74, 6) is -3.31. The number of thioether (sulfide) groups is 1. The highest BCUT2D eigenvalue weighted by Crippen LogP contribution is 2.54. The van der Waals surface area contributed by atoms with E-state index < -0.39 is 51.4 Å². The molecule has 41 heavy (non-hydrogen) atoms. The monoisotopic (exact) mass is 615 g/mol. The van der Waals surface area contributed by atoms with E-state index >= 15 is 0 Å². The van der Waals surface area contributed by atoms with Crippen molar-refractivity contribution < 1.29 is 27.6 Å². The summed E-state index contributed by atoms with van der Waals surface area (Å²) in [6, 6.07) is 14.9. The van der Waals surface area contributed by atoms with Crippen LogP contribution < -0.4 is 15.1 Å². The fourth-order valence-electron chi connectivity index (χ4n) is 5.15. The molecule has 0 unspecified atom stereocenters.